The zero-order valence-corrected chi connectivity index (χ0v) is 17.3. The molecule has 8 nitrogen and oxygen atoms in total. The number of fused-ring (bicyclic) bond motifs is 1. The number of nitrogens with zero attached hydrogens (tertiary/aromatic N) is 3. The number of amides is 1. The molecule has 1 saturated heterocycles. The summed E-state index contributed by atoms with van der Waals surface area (Å²) in [7, 11) is 1.57. The Bertz CT molecular complexity index is 1200. The van der Waals surface area contributed by atoms with E-state index in [-0.39, 0.29) is 24.0 Å². The van der Waals surface area contributed by atoms with E-state index in [1.807, 2.05) is 12.1 Å². The molecule has 1 amide bonds. The van der Waals surface area contributed by atoms with Gasteiger partial charge >= 0.3 is 0 Å². The fourth-order valence-electron chi connectivity index (χ4n) is 4.27. The van der Waals surface area contributed by atoms with E-state index in [2.05, 4.69) is 9.98 Å². The first kappa shape index (κ1) is 20.2. The molecular formula is C23H21FN4O4. The molecule has 0 spiro atoms. The number of carbonyl (C=O) groups is 1. The monoisotopic (exact) mass is 436 g/mol. The van der Waals surface area contributed by atoms with Gasteiger partial charge in [0.15, 0.2) is 12.4 Å². The Balaban J connectivity index is 1.53. The lowest BCUT2D eigenvalue weighted by molar-refractivity contribution is -0.140. The average Bonchev–Trinajstić information content (AvgIpc) is 3.34. The molecule has 9 heteroatoms. The minimum atomic E-state index is -1.24. The van der Waals surface area contributed by atoms with Crippen LogP contribution in [0.4, 0.5) is 4.39 Å². The zero-order valence-electron chi connectivity index (χ0n) is 17.3. The number of hydrogen-bond donors (Lipinski definition) is 1. The van der Waals surface area contributed by atoms with Gasteiger partial charge in [0, 0.05) is 24.8 Å². The van der Waals surface area contributed by atoms with Crippen LogP contribution in [0.15, 0.2) is 64.5 Å². The maximum absolute atomic E-state index is 15.1. The lowest BCUT2D eigenvalue weighted by atomic mass is 9.74. The number of aliphatic imine (C=N–C) groups is 1. The molecular weight excluding hydrogens is 415 g/mol. The number of oxazole rings is 1. The number of guanidine groups is 1. The van der Waals surface area contributed by atoms with Crippen LogP contribution >= 0.6 is 0 Å². The van der Waals surface area contributed by atoms with E-state index in [1.165, 1.54) is 29.7 Å². The molecule has 3 aromatic rings. The van der Waals surface area contributed by atoms with Crippen molar-refractivity contribution in [1.82, 2.24) is 9.88 Å². The zero-order chi connectivity index (χ0) is 22.3. The van der Waals surface area contributed by atoms with Gasteiger partial charge < -0.3 is 19.6 Å². The van der Waals surface area contributed by atoms with E-state index >= 15 is 4.39 Å². The van der Waals surface area contributed by atoms with Crippen LogP contribution in [0, 0.1) is 11.7 Å². The maximum Gasteiger partial charge on any atom is 0.235 e. The number of rotatable bonds is 4. The molecule has 3 heterocycles. The molecule has 32 heavy (non-hydrogen) atoms. The van der Waals surface area contributed by atoms with Crippen molar-refractivity contribution in [3.05, 3.63) is 66.5 Å². The number of ether oxygens (including phenoxy) is 2. The first-order valence-electron chi connectivity index (χ1n) is 10.1. The average molecular weight is 436 g/mol. The normalized spacial score (nSPS) is 22.9. The lowest BCUT2D eigenvalue weighted by Crippen LogP contribution is -2.58. The van der Waals surface area contributed by atoms with Gasteiger partial charge in [-0.05, 0) is 36.8 Å². The van der Waals surface area contributed by atoms with Gasteiger partial charge in [-0.25, -0.2) is 14.4 Å². The molecule has 1 aromatic heterocycles. The number of hydrogen-bond acceptors (Lipinski definition) is 7. The third-order valence-corrected chi connectivity index (χ3v) is 5.94. The first-order chi connectivity index (χ1) is 15.5. The summed E-state index contributed by atoms with van der Waals surface area (Å²) in [6, 6.07) is 11.7. The highest BCUT2D eigenvalue weighted by Crippen LogP contribution is 2.45. The molecule has 2 aromatic carbocycles. The van der Waals surface area contributed by atoms with Crippen LogP contribution in [0.2, 0.25) is 0 Å². The van der Waals surface area contributed by atoms with Crippen molar-refractivity contribution in [2.45, 2.75) is 12.0 Å². The Kier molecular flexibility index (Phi) is 4.90. The van der Waals surface area contributed by atoms with Crippen molar-refractivity contribution in [1.29, 1.82) is 0 Å². The third-order valence-electron chi connectivity index (χ3n) is 5.94. The molecule has 2 aliphatic rings. The third kappa shape index (κ3) is 3.31. The van der Waals surface area contributed by atoms with Crippen molar-refractivity contribution in [3.63, 3.8) is 0 Å². The molecule has 0 saturated carbocycles. The van der Waals surface area contributed by atoms with Gasteiger partial charge in [-0.15, -0.1) is 0 Å². The number of nitrogens with two attached hydrogens (primary N) is 1. The van der Waals surface area contributed by atoms with Crippen LogP contribution in [0.1, 0.15) is 12.0 Å². The molecule has 2 aliphatic heterocycles. The van der Waals surface area contributed by atoms with Crippen LogP contribution < -0.4 is 10.5 Å². The number of aromatic nitrogens is 1. The Morgan fingerprint density at radius 3 is 2.91 bits per heavy atom. The van der Waals surface area contributed by atoms with Gasteiger partial charge in [-0.1, -0.05) is 12.1 Å². The summed E-state index contributed by atoms with van der Waals surface area (Å²) in [5.41, 5.74) is 6.47. The smallest absolute Gasteiger partial charge is 0.235 e. The Hall–Kier alpha value is -3.72. The van der Waals surface area contributed by atoms with Crippen molar-refractivity contribution < 1.29 is 23.1 Å². The van der Waals surface area contributed by atoms with Crippen molar-refractivity contribution >= 4 is 11.9 Å². The highest BCUT2D eigenvalue weighted by atomic mass is 19.1. The fraction of sp³-hybridized carbons (Fsp3) is 0.261. The first-order valence-corrected chi connectivity index (χ1v) is 10.1. The van der Waals surface area contributed by atoms with Crippen LogP contribution in [-0.2, 0) is 15.1 Å². The summed E-state index contributed by atoms with van der Waals surface area (Å²) >= 11 is 0. The summed E-state index contributed by atoms with van der Waals surface area (Å²) in [5.74, 6) is -0.307. The summed E-state index contributed by atoms with van der Waals surface area (Å²) < 4.78 is 31.8. The standard InChI is InChI=1S/C23H21FN4O4/c1-28-21(29)17-7-8-30-12-23(17,27-22(28)25)18-10-16(5-6-19(18)24)32-15-4-2-3-14(9-15)20-11-31-13-26-20/h2-6,9-11,13,17H,7-8,12H2,1H3,(H2,25,27). The van der Waals surface area contributed by atoms with Crippen LogP contribution in [0.5, 0.6) is 11.5 Å². The molecule has 2 atom stereocenters. The van der Waals surface area contributed by atoms with E-state index in [9.17, 15) is 4.79 Å². The summed E-state index contributed by atoms with van der Waals surface area (Å²) in [5, 5.41) is 0. The Morgan fingerprint density at radius 1 is 1.25 bits per heavy atom. The van der Waals surface area contributed by atoms with Gasteiger partial charge in [0.25, 0.3) is 0 Å². The molecule has 1 fully saturated rings. The molecule has 0 radical (unpaired) electrons. The van der Waals surface area contributed by atoms with Gasteiger partial charge in [0.2, 0.25) is 5.91 Å². The van der Waals surface area contributed by atoms with E-state index in [0.717, 1.165) is 5.56 Å². The number of carbonyl (C=O) groups excluding carboxylic acids is 1. The van der Waals surface area contributed by atoms with Gasteiger partial charge in [-0.2, -0.15) is 0 Å². The second-order valence-electron chi connectivity index (χ2n) is 7.83. The Morgan fingerprint density at radius 2 is 2.09 bits per heavy atom. The van der Waals surface area contributed by atoms with Crippen LogP contribution in [0.3, 0.4) is 0 Å². The minimum Gasteiger partial charge on any atom is -0.457 e. The SMILES string of the molecule is CN1C(=O)C2CCOCC2(c2cc(Oc3cccc(-c4cocn4)c3)ccc2F)N=C1N. The van der Waals surface area contributed by atoms with Gasteiger partial charge in [0.05, 0.1) is 12.5 Å². The Labute approximate surface area is 183 Å². The predicted molar refractivity (Wildman–Crippen MR) is 113 cm³/mol. The highest BCUT2D eigenvalue weighted by Gasteiger charge is 2.52. The lowest BCUT2D eigenvalue weighted by Gasteiger charge is -2.45. The van der Waals surface area contributed by atoms with E-state index < -0.39 is 17.3 Å². The predicted octanol–water partition coefficient (Wildman–Crippen LogP) is 3.29. The summed E-state index contributed by atoms with van der Waals surface area (Å²) in [6.07, 6.45) is 3.31. The minimum absolute atomic E-state index is 0.0304. The summed E-state index contributed by atoms with van der Waals surface area (Å²) in [4.78, 5) is 22.9. The molecule has 0 aliphatic carbocycles. The van der Waals surface area contributed by atoms with Crippen molar-refractivity contribution in [3.8, 4) is 22.8 Å². The van der Waals surface area contributed by atoms with E-state index in [1.54, 1.807) is 25.2 Å². The largest absolute Gasteiger partial charge is 0.457 e. The second-order valence-corrected chi connectivity index (χ2v) is 7.83. The molecule has 2 unspecified atom stereocenters. The molecule has 164 valence electrons. The van der Waals surface area contributed by atoms with E-state index in [0.29, 0.717) is 30.2 Å². The number of halogens is 1. The van der Waals surface area contributed by atoms with Gasteiger partial charge in [-0.3, -0.25) is 9.69 Å². The second kappa shape index (κ2) is 7.76. The van der Waals surface area contributed by atoms with Crippen LogP contribution in [0.25, 0.3) is 11.3 Å². The molecule has 2 N–H and O–H groups in total. The van der Waals surface area contributed by atoms with Crippen molar-refractivity contribution in [2.24, 2.45) is 16.6 Å². The molecule has 5 rings (SSSR count). The topological polar surface area (TPSA) is 103 Å². The molecule has 0 bridgehead atoms. The van der Waals surface area contributed by atoms with Gasteiger partial charge in [0.1, 0.15) is 34.8 Å². The van der Waals surface area contributed by atoms with Crippen LogP contribution in [-0.4, -0.2) is 42.0 Å². The highest BCUT2D eigenvalue weighted by molar-refractivity contribution is 6.00. The summed E-state index contributed by atoms with van der Waals surface area (Å²) in [6.45, 7) is 0.452. The van der Waals surface area contributed by atoms with Crippen molar-refractivity contribution in [2.75, 3.05) is 20.3 Å². The van der Waals surface area contributed by atoms with E-state index in [4.69, 9.17) is 19.6 Å². The maximum atomic E-state index is 15.1. The fourth-order valence-corrected chi connectivity index (χ4v) is 4.27. The quantitative estimate of drug-likeness (QED) is 0.673. The number of benzene rings is 2.